The van der Waals surface area contributed by atoms with E-state index in [1.165, 1.54) is 0 Å². The first-order chi connectivity index (χ1) is 7.50. The normalized spacial score (nSPS) is 43.8. The number of hydrogen-bond acceptors (Lipinski definition) is 1. The van der Waals surface area contributed by atoms with Gasteiger partial charge in [-0.1, -0.05) is 6.92 Å². The minimum absolute atomic E-state index is 0.306. The molecule has 0 amide bonds. The van der Waals surface area contributed by atoms with Crippen LogP contribution in [0.4, 0.5) is 0 Å². The molecule has 0 atom stereocenters. The summed E-state index contributed by atoms with van der Waals surface area (Å²) < 4.78 is 0. The van der Waals surface area contributed by atoms with Crippen LogP contribution < -0.4 is 0 Å². The van der Waals surface area contributed by atoms with Gasteiger partial charge < -0.3 is 5.11 Å². The van der Waals surface area contributed by atoms with Crippen molar-refractivity contribution in [2.75, 3.05) is 5.88 Å². The van der Waals surface area contributed by atoms with Crippen LogP contribution in [0.2, 0.25) is 0 Å². The second kappa shape index (κ2) is 4.56. The van der Waals surface area contributed by atoms with Crippen LogP contribution in [0.5, 0.6) is 0 Å². The van der Waals surface area contributed by atoms with Gasteiger partial charge in [0.05, 0.1) is 0 Å². The lowest BCUT2D eigenvalue weighted by atomic mass is 9.50. The fourth-order valence-corrected chi connectivity index (χ4v) is 4.54. The maximum atomic E-state index is 9.24. The highest BCUT2D eigenvalue weighted by atomic mass is 35.5. The molecule has 4 aliphatic rings. The predicted molar refractivity (Wildman–Crippen MR) is 64.6 cm³/mol. The summed E-state index contributed by atoms with van der Waals surface area (Å²) in [5, 5.41) is 7.59. The molecule has 0 aromatic heterocycles. The van der Waals surface area contributed by atoms with Gasteiger partial charge in [0.1, 0.15) is 5.88 Å². The van der Waals surface area contributed by atoms with Crippen molar-refractivity contribution >= 4 is 17.6 Å². The van der Waals surface area contributed by atoms with Crippen molar-refractivity contribution in [3.8, 4) is 0 Å². The maximum Gasteiger partial charge on any atom is 0.318 e. The van der Waals surface area contributed by atoms with Gasteiger partial charge in [0.2, 0.25) is 0 Å². The van der Waals surface area contributed by atoms with Crippen molar-refractivity contribution in [2.24, 2.45) is 23.2 Å². The molecule has 0 heterocycles. The van der Waals surface area contributed by atoms with Gasteiger partial charge in [-0.3, -0.25) is 4.79 Å². The van der Waals surface area contributed by atoms with Crippen LogP contribution >= 0.6 is 11.6 Å². The Hall–Kier alpha value is -0.240. The molecule has 0 aromatic rings. The molecule has 0 unspecified atom stereocenters. The van der Waals surface area contributed by atoms with E-state index in [1.54, 1.807) is 38.5 Å². The molecule has 1 N–H and O–H groups in total. The lowest BCUT2D eigenvalue weighted by Gasteiger charge is -2.55. The van der Waals surface area contributed by atoms with E-state index in [1.807, 2.05) is 0 Å². The smallest absolute Gasteiger partial charge is 0.318 e. The number of alkyl halides is 1. The molecule has 3 heteroatoms. The molecule has 0 spiro atoms. The first-order valence-corrected chi connectivity index (χ1v) is 6.82. The largest absolute Gasteiger partial charge is 0.480 e. The zero-order chi connectivity index (χ0) is 11.8. The average molecular weight is 245 g/mol. The third-order valence-electron chi connectivity index (χ3n) is 4.46. The number of aliphatic carboxylic acids is 1. The molecule has 0 saturated heterocycles. The van der Waals surface area contributed by atoms with Crippen molar-refractivity contribution in [3.63, 3.8) is 0 Å². The number of hydrogen-bond donors (Lipinski definition) is 1. The average Bonchev–Trinajstić information content (AvgIpc) is 2.14. The van der Waals surface area contributed by atoms with E-state index >= 15 is 0 Å². The molecule has 2 nitrogen and oxygen atoms in total. The highest BCUT2D eigenvalue weighted by Gasteiger charge is 2.48. The molecule has 4 aliphatic carbocycles. The summed E-state index contributed by atoms with van der Waals surface area (Å²) in [5.74, 6) is 2.15. The third kappa shape index (κ3) is 2.71. The number of carboxylic acid groups (broad SMARTS) is 1. The fourth-order valence-electron chi connectivity index (χ4n) is 4.54. The first kappa shape index (κ1) is 12.2. The highest BCUT2D eigenvalue weighted by Crippen LogP contribution is 2.59. The van der Waals surface area contributed by atoms with Crippen molar-refractivity contribution in [2.45, 2.75) is 45.4 Å². The van der Waals surface area contributed by atoms with Crippen molar-refractivity contribution < 1.29 is 9.90 Å². The van der Waals surface area contributed by atoms with E-state index in [4.69, 9.17) is 16.7 Å². The van der Waals surface area contributed by atoms with Gasteiger partial charge in [-0.25, -0.2) is 0 Å². The van der Waals surface area contributed by atoms with Gasteiger partial charge >= 0.3 is 5.97 Å². The Bertz CT molecular complexity index is 240. The maximum absolute atomic E-state index is 9.24. The Balaban J connectivity index is 0.000000168. The van der Waals surface area contributed by atoms with Crippen LogP contribution in [0.15, 0.2) is 0 Å². The van der Waals surface area contributed by atoms with Gasteiger partial charge in [-0.05, 0) is 61.7 Å². The van der Waals surface area contributed by atoms with E-state index in [2.05, 4.69) is 6.92 Å². The number of rotatable bonds is 1. The summed E-state index contributed by atoms with van der Waals surface area (Å²) in [5.41, 5.74) is 0.800. The highest BCUT2D eigenvalue weighted by molar-refractivity contribution is 6.26. The fraction of sp³-hybridized carbons (Fsp3) is 0.923. The van der Waals surface area contributed by atoms with Gasteiger partial charge in [-0.15, -0.1) is 11.6 Å². The van der Waals surface area contributed by atoms with Crippen LogP contribution in [0.25, 0.3) is 0 Å². The lowest BCUT2D eigenvalue weighted by molar-refractivity contribution is -0.134. The number of halogens is 1. The molecule has 4 saturated carbocycles. The first-order valence-electron chi connectivity index (χ1n) is 6.28. The van der Waals surface area contributed by atoms with Crippen LogP contribution in [-0.4, -0.2) is 17.0 Å². The second-order valence-electron chi connectivity index (χ2n) is 6.26. The topological polar surface area (TPSA) is 37.3 Å². The molecule has 4 fully saturated rings. The van der Waals surface area contributed by atoms with E-state index in [-0.39, 0.29) is 5.88 Å². The Morgan fingerprint density at radius 1 is 1.19 bits per heavy atom. The van der Waals surface area contributed by atoms with Crippen LogP contribution in [0, 0.1) is 23.2 Å². The molecule has 4 bridgehead atoms. The Morgan fingerprint density at radius 3 is 1.69 bits per heavy atom. The van der Waals surface area contributed by atoms with E-state index in [9.17, 15) is 4.79 Å². The zero-order valence-corrected chi connectivity index (χ0v) is 10.7. The van der Waals surface area contributed by atoms with Gasteiger partial charge in [0, 0.05) is 0 Å². The molecule has 0 aliphatic heterocycles. The quantitative estimate of drug-likeness (QED) is 0.717. The standard InChI is InChI=1S/C11H18.C2H3ClO2/c1-11-5-8-2-9(6-11)4-10(3-8)7-11;3-1-2(4)5/h8-10H,2-7H2,1H3;1H2,(H,4,5). The summed E-state index contributed by atoms with van der Waals surface area (Å²) in [4.78, 5) is 9.24. The van der Waals surface area contributed by atoms with Gasteiger partial charge in [0.15, 0.2) is 0 Å². The number of carbonyl (C=O) groups is 1. The summed E-state index contributed by atoms with van der Waals surface area (Å²) >= 11 is 4.74. The Kier molecular flexibility index (Phi) is 3.48. The third-order valence-corrected chi connectivity index (χ3v) is 4.69. The monoisotopic (exact) mass is 244 g/mol. The Labute approximate surface area is 102 Å². The molecule has 16 heavy (non-hydrogen) atoms. The van der Waals surface area contributed by atoms with Crippen molar-refractivity contribution in [1.29, 1.82) is 0 Å². The summed E-state index contributed by atoms with van der Waals surface area (Å²) in [7, 11) is 0. The molecule has 4 rings (SSSR count). The summed E-state index contributed by atoms with van der Waals surface area (Å²) in [6.45, 7) is 2.54. The van der Waals surface area contributed by atoms with Crippen LogP contribution in [0.1, 0.15) is 45.4 Å². The SMILES string of the molecule is CC12CC3CC(CC(C3)C1)C2.O=C(O)CCl. The van der Waals surface area contributed by atoms with Crippen molar-refractivity contribution in [1.82, 2.24) is 0 Å². The predicted octanol–water partition coefficient (Wildman–Crippen LogP) is 3.53. The lowest BCUT2D eigenvalue weighted by Crippen LogP contribution is -2.44. The van der Waals surface area contributed by atoms with Crippen molar-refractivity contribution in [3.05, 3.63) is 0 Å². The van der Waals surface area contributed by atoms with Crippen LogP contribution in [-0.2, 0) is 4.79 Å². The van der Waals surface area contributed by atoms with Gasteiger partial charge in [0.25, 0.3) is 0 Å². The second-order valence-corrected chi connectivity index (χ2v) is 6.52. The molecule has 0 radical (unpaired) electrons. The minimum Gasteiger partial charge on any atom is -0.480 e. The summed E-state index contributed by atoms with van der Waals surface area (Å²) in [6.07, 6.45) is 9.48. The van der Waals surface area contributed by atoms with E-state index in [0.717, 1.165) is 23.2 Å². The summed E-state index contributed by atoms with van der Waals surface area (Å²) in [6, 6.07) is 0. The van der Waals surface area contributed by atoms with E-state index in [0.29, 0.717) is 0 Å². The zero-order valence-electron chi connectivity index (χ0n) is 9.92. The van der Waals surface area contributed by atoms with Gasteiger partial charge in [-0.2, -0.15) is 0 Å². The van der Waals surface area contributed by atoms with Crippen LogP contribution in [0.3, 0.4) is 0 Å². The minimum atomic E-state index is -0.980. The molecular weight excluding hydrogens is 224 g/mol. The molecule has 0 aromatic carbocycles. The van der Waals surface area contributed by atoms with E-state index < -0.39 is 5.97 Å². The molecule has 92 valence electrons. The Morgan fingerprint density at radius 2 is 1.50 bits per heavy atom. The number of carboxylic acids is 1. The molecular formula is C13H21ClO2.